The Morgan fingerprint density at radius 3 is 2.71 bits per heavy atom. The van der Waals surface area contributed by atoms with Gasteiger partial charge in [0.25, 0.3) is 0 Å². The number of benzene rings is 3. The Kier molecular flexibility index (Phi) is 8.37. The van der Waals surface area contributed by atoms with Crippen LogP contribution in [0.2, 0.25) is 0 Å². The van der Waals surface area contributed by atoms with Crippen molar-refractivity contribution in [2.24, 2.45) is 0 Å². The molecule has 0 bridgehead atoms. The maximum absolute atomic E-state index is 9.71. The predicted molar refractivity (Wildman–Crippen MR) is 147 cm³/mol. The highest BCUT2D eigenvalue weighted by Gasteiger charge is 2.19. The molecule has 0 saturated heterocycles. The average Bonchev–Trinajstić information content (AvgIpc) is 2.88. The quantitative estimate of drug-likeness (QED) is 0.257. The maximum atomic E-state index is 9.71. The van der Waals surface area contributed by atoms with Crippen molar-refractivity contribution in [3.63, 3.8) is 0 Å². The fraction of sp³-hybridized carbons (Fsp3) is 0.300. The molecule has 0 aromatic heterocycles. The minimum absolute atomic E-state index is 0.0326. The molecule has 5 heteroatoms. The van der Waals surface area contributed by atoms with Gasteiger partial charge in [-0.2, -0.15) is 5.26 Å². The molecule has 3 aromatic rings. The highest BCUT2D eigenvalue weighted by Crippen LogP contribution is 2.51. The van der Waals surface area contributed by atoms with Crippen LogP contribution in [0.5, 0.6) is 5.75 Å². The Balaban J connectivity index is 1.28. The number of allylic oxidation sites excluding steroid dienone is 3. The van der Waals surface area contributed by atoms with Gasteiger partial charge in [0.05, 0.1) is 18.5 Å². The minimum Gasteiger partial charge on any atom is -0.492 e. The molecule has 0 amide bonds. The van der Waals surface area contributed by atoms with Gasteiger partial charge in [-0.3, -0.25) is 0 Å². The van der Waals surface area contributed by atoms with E-state index < -0.39 is 7.92 Å². The Morgan fingerprint density at radius 1 is 1.09 bits per heavy atom. The van der Waals surface area contributed by atoms with E-state index in [0.29, 0.717) is 17.9 Å². The maximum Gasteiger partial charge on any atom is 0.137 e. The Morgan fingerprint density at radius 2 is 1.91 bits per heavy atom. The number of rotatable bonds is 10. The van der Waals surface area contributed by atoms with Gasteiger partial charge < -0.3 is 15.2 Å². The first-order chi connectivity index (χ1) is 17.0. The van der Waals surface area contributed by atoms with Crippen LogP contribution in [-0.2, 0) is 6.42 Å². The highest BCUT2D eigenvalue weighted by atomic mass is 31.1. The normalized spacial score (nSPS) is 15.6. The summed E-state index contributed by atoms with van der Waals surface area (Å²) in [6.07, 6.45) is 8.99. The third-order valence-electron chi connectivity index (χ3n) is 6.27. The lowest BCUT2D eigenvalue weighted by molar-refractivity contribution is 0.293. The lowest BCUT2D eigenvalue weighted by Gasteiger charge is -2.27. The van der Waals surface area contributed by atoms with Crippen molar-refractivity contribution >= 4 is 24.0 Å². The molecule has 1 aliphatic rings. The van der Waals surface area contributed by atoms with Crippen LogP contribution in [0.4, 0.5) is 0 Å². The molecule has 35 heavy (non-hydrogen) atoms. The fourth-order valence-corrected chi connectivity index (χ4v) is 6.11. The van der Waals surface area contributed by atoms with Crippen molar-refractivity contribution in [2.75, 3.05) is 25.7 Å². The average molecular weight is 485 g/mol. The summed E-state index contributed by atoms with van der Waals surface area (Å²) in [6.45, 7) is 5.83. The van der Waals surface area contributed by atoms with E-state index in [1.807, 2.05) is 30.4 Å². The van der Waals surface area contributed by atoms with Crippen LogP contribution in [0, 0.1) is 11.3 Å². The van der Waals surface area contributed by atoms with E-state index in [9.17, 15) is 10.4 Å². The Hall–Kier alpha value is -2.96. The zero-order valence-corrected chi connectivity index (χ0v) is 21.4. The van der Waals surface area contributed by atoms with Gasteiger partial charge in [-0.05, 0) is 86.7 Å². The van der Waals surface area contributed by atoms with Crippen molar-refractivity contribution in [3.05, 3.63) is 95.6 Å². The van der Waals surface area contributed by atoms with Crippen molar-refractivity contribution < 1.29 is 9.84 Å². The number of nitrogens with one attached hydrogen (secondary N) is 1. The van der Waals surface area contributed by atoms with Crippen LogP contribution >= 0.6 is 7.92 Å². The zero-order valence-electron chi connectivity index (χ0n) is 20.5. The van der Waals surface area contributed by atoms with E-state index in [4.69, 9.17) is 4.74 Å². The molecule has 0 saturated carbocycles. The van der Waals surface area contributed by atoms with Crippen molar-refractivity contribution in [1.82, 2.24) is 5.32 Å². The molecule has 1 aliphatic heterocycles. The van der Waals surface area contributed by atoms with Crippen LogP contribution in [0.15, 0.2) is 78.9 Å². The third-order valence-corrected chi connectivity index (χ3v) is 8.35. The summed E-state index contributed by atoms with van der Waals surface area (Å²) in [5, 5.41) is 26.7. The predicted octanol–water partition coefficient (Wildman–Crippen LogP) is 6.43. The number of fused-ring (bicyclic) bond motifs is 1. The SMILES string of the molecule is CC(C)(Cc1ccc2ccccc2c1)NCCCOc1ccc(C2=CC=CCP2CO)cc1C#N. The largest absolute Gasteiger partial charge is 0.492 e. The molecule has 1 unspecified atom stereocenters. The molecule has 0 radical (unpaired) electrons. The highest BCUT2D eigenvalue weighted by molar-refractivity contribution is 7.68. The fourth-order valence-electron chi connectivity index (χ4n) is 4.47. The van der Waals surface area contributed by atoms with E-state index >= 15 is 0 Å². The smallest absolute Gasteiger partial charge is 0.137 e. The molecular weight excluding hydrogens is 451 g/mol. The van der Waals surface area contributed by atoms with Crippen LogP contribution in [0.1, 0.15) is 37.0 Å². The number of nitriles is 1. The summed E-state index contributed by atoms with van der Waals surface area (Å²) in [6, 6.07) is 23.2. The summed E-state index contributed by atoms with van der Waals surface area (Å²) in [7, 11) is -0.620. The monoisotopic (exact) mass is 484 g/mol. The topological polar surface area (TPSA) is 65.3 Å². The summed E-state index contributed by atoms with van der Waals surface area (Å²) >= 11 is 0. The molecule has 1 atom stereocenters. The molecule has 4 nitrogen and oxygen atoms in total. The second kappa shape index (κ2) is 11.6. The zero-order chi connectivity index (χ0) is 24.7. The molecule has 1 heterocycles. The van der Waals surface area contributed by atoms with Crippen LogP contribution < -0.4 is 10.1 Å². The third kappa shape index (κ3) is 6.59. The molecular formula is C30H33N2O2P. The van der Waals surface area contributed by atoms with Gasteiger partial charge in [0.2, 0.25) is 0 Å². The molecule has 0 aliphatic carbocycles. The lowest BCUT2D eigenvalue weighted by atomic mass is 9.93. The Bertz CT molecular complexity index is 1270. The summed E-state index contributed by atoms with van der Waals surface area (Å²) in [5.74, 6) is 0.618. The number of aliphatic hydroxyl groups is 1. The first-order valence-corrected chi connectivity index (χ1v) is 13.8. The molecule has 3 aromatic carbocycles. The summed E-state index contributed by atoms with van der Waals surface area (Å²) in [4.78, 5) is 0. The first kappa shape index (κ1) is 25.1. The van der Waals surface area contributed by atoms with E-state index in [1.54, 1.807) is 0 Å². The number of ether oxygens (including phenoxy) is 1. The first-order valence-electron chi connectivity index (χ1n) is 12.1. The van der Waals surface area contributed by atoms with Gasteiger partial charge in [0, 0.05) is 5.54 Å². The van der Waals surface area contributed by atoms with Gasteiger partial charge in [-0.15, -0.1) is 0 Å². The van der Waals surface area contributed by atoms with E-state index in [2.05, 4.69) is 73.8 Å². The van der Waals surface area contributed by atoms with Gasteiger partial charge in [0.15, 0.2) is 0 Å². The van der Waals surface area contributed by atoms with Crippen LogP contribution in [-0.4, -0.2) is 36.3 Å². The summed E-state index contributed by atoms with van der Waals surface area (Å²) < 4.78 is 5.96. The molecule has 4 rings (SSSR count). The van der Waals surface area contributed by atoms with Crippen LogP contribution in [0.3, 0.4) is 0 Å². The number of aliphatic hydroxyl groups excluding tert-OH is 1. The molecule has 0 spiro atoms. The van der Waals surface area contributed by atoms with E-state index in [0.717, 1.165) is 36.4 Å². The van der Waals surface area contributed by atoms with Crippen LogP contribution in [0.25, 0.3) is 16.1 Å². The van der Waals surface area contributed by atoms with Crippen molar-refractivity contribution in [3.8, 4) is 11.8 Å². The number of nitrogens with zero attached hydrogens (tertiary/aromatic N) is 1. The second-order valence-electron chi connectivity index (χ2n) is 9.54. The lowest BCUT2D eigenvalue weighted by Crippen LogP contribution is -2.42. The van der Waals surface area contributed by atoms with Gasteiger partial charge >= 0.3 is 0 Å². The van der Waals surface area contributed by atoms with Crippen molar-refractivity contribution in [2.45, 2.75) is 32.2 Å². The molecule has 2 N–H and O–H groups in total. The van der Waals surface area contributed by atoms with Gasteiger partial charge in [-0.1, -0.05) is 66.8 Å². The van der Waals surface area contributed by atoms with Crippen molar-refractivity contribution in [1.29, 1.82) is 5.26 Å². The van der Waals surface area contributed by atoms with E-state index in [-0.39, 0.29) is 11.9 Å². The number of hydrogen-bond donors (Lipinski definition) is 2. The van der Waals surface area contributed by atoms with Gasteiger partial charge in [0.1, 0.15) is 11.8 Å². The molecule has 0 fully saturated rings. The Labute approximate surface area is 209 Å². The van der Waals surface area contributed by atoms with Gasteiger partial charge in [-0.25, -0.2) is 0 Å². The summed E-state index contributed by atoms with van der Waals surface area (Å²) in [5.41, 5.74) is 2.82. The molecule has 180 valence electrons. The second-order valence-corrected chi connectivity index (χ2v) is 11.7. The van der Waals surface area contributed by atoms with E-state index in [1.165, 1.54) is 16.3 Å². The number of hydrogen-bond acceptors (Lipinski definition) is 4. The minimum atomic E-state index is -0.620. The standard InChI is InChI=1S/C30H33N2O2P/c1-30(2,20-23-11-12-24-8-3-4-9-25(24)18-23)32-15-7-16-34-28-14-13-26(19-27(28)21-31)29-10-5-6-17-35(29)22-33/h3-6,8-14,18-19,32-33H,7,15-17,20,22H2,1-2H3.